The van der Waals surface area contributed by atoms with Gasteiger partial charge in [0.2, 0.25) is 0 Å². The molecule has 0 unspecified atom stereocenters. The van der Waals surface area contributed by atoms with Crippen molar-refractivity contribution in [2.24, 2.45) is 0 Å². The molecule has 172 valence electrons. The van der Waals surface area contributed by atoms with Crippen LogP contribution >= 0.6 is 0 Å². The molecule has 2 aromatic carbocycles. The summed E-state index contributed by atoms with van der Waals surface area (Å²) in [7, 11) is 1.47. The zero-order valence-corrected chi connectivity index (χ0v) is 18.8. The van der Waals surface area contributed by atoms with Gasteiger partial charge in [-0.25, -0.2) is 9.80 Å². The molecule has 1 saturated heterocycles. The number of allylic oxidation sites excluding steroid dienone is 1. The Balaban J connectivity index is 1.92. The normalized spacial score (nSPS) is 14.4. The van der Waals surface area contributed by atoms with Crippen LogP contribution in [0.2, 0.25) is 0 Å². The second-order valence-corrected chi connectivity index (χ2v) is 7.51. The summed E-state index contributed by atoms with van der Waals surface area (Å²) in [6.45, 7) is 6.98. The van der Waals surface area contributed by atoms with Crippen LogP contribution in [-0.2, 0) is 25.5 Å². The van der Waals surface area contributed by atoms with Crippen molar-refractivity contribution < 1.29 is 28.6 Å². The minimum Gasteiger partial charge on any atom is -0.493 e. The molecule has 1 aliphatic heterocycles. The predicted molar refractivity (Wildman–Crippen MR) is 124 cm³/mol. The maximum Gasteiger partial charge on any atom is 0.344 e. The van der Waals surface area contributed by atoms with Gasteiger partial charge in [-0.3, -0.25) is 15.0 Å². The number of hydrogen-bond acceptors (Lipinski definition) is 6. The highest BCUT2D eigenvalue weighted by atomic mass is 16.6. The summed E-state index contributed by atoms with van der Waals surface area (Å²) in [4.78, 5) is 37.3. The molecule has 1 fully saturated rings. The highest BCUT2D eigenvalue weighted by Crippen LogP contribution is 2.35. The summed E-state index contributed by atoms with van der Waals surface area (Å²) >= 11 is 0. The minimum atomic E-state index is -0.509. The molecule has 0 bridgehead atoms. The molecular weight excluding hydrogens is 424 g/mol. The van der Waals surface area contributed by atoms with Crippen molar-refractivity contribution in [2.75, 3.05) is 18.7 Å². The topological polar surface area (TPSA) is 94.2 Å². The molecule has 8 heteroatoms. The highest BCUT2D eigenvalue weighted by Gasteiger charge is 2.34. The van der Waals surface area contributed by atoms with E-state index in [1.807, 2.05) is 6.07 Å². The number of anilines is 1. The van der Waals surface area contributed by atoms with Gasteiger partial charge in [-0.15, -0.1) is 6.58 Å². The molecule has 3 rings (SSSR count). The standard InChI is InChI=1S/C25H26N2O6/c1-5-9-18-12-17(14-21(31-4)23(18)32-15-22(28)33-16(2)3)13-20-24(29)26-27(25(20)30)19-10-7-6-8-11-19/h5-8,10-14,16H,1,9,15H2,2-4H3,(H,26,29)/b20-13-. The lowest BCUT2D eigenvalue weighted by Crippen LogP contribution is -2.35. The van der Waals surface area contributed by atoms with Crippen molar-refractivity contribution in [1.29, 1.82) is 0 Å². The van der Waals surface area contributed by atoms with Gasteiger partial charge in [0.05, 0.1) is 18.9 Å². The van der Waals surface area contributed by atoms with Crippen molar-refractivity contribution in [3.05, 3.63) is 71.8 Å². The molecule has 2 amide bonds. The van der Waals surface area contributed by atoms with Gasteiger partial charge in [-0.2, -0.15) is 0 Å². The maximum absolute atomic E-state index is 12.9. The molecule has 0 saturated carbocycles. The average molecular weight is 450 g/mol. The molecule has 0 radical (unpaired) electrons. The van der Waals surface area contributed by atoms with E-state index in [9.17, 15) is 14.4 Å². The van der Waals surface area contributed by atoms with Crippen molar-refractivity contribution in [3.63, 3.8) is 0 Å². The van der Waals surface area contributed by atoms with E-state index in [1.54, 1.807) is 56.3 Å². The molecular formula is C25H26N2O6. The van der Waals surface area contributed by atoms with Gasteiger partial charge < -0.3 is 14.2 Å². The van der Waals surface area contributed by atoms with Crippen LogP contribution in [0.4, 0.5) is 5.69 Å². The smallest absolute Gasteiger partial charge is 0.344 e. The Labute approximate surface area is 192 Å². The molecule has 1 heterocycles. The summed E-state index contributed by atoms with van der Waals surface area (Å²) in [5.41, 5.74) is 4.36. The van der Waals surface area contributed by atoms with E-state index in [0.717, 1.165) is 0 Å². The molecule has 1 aliphatic rings. The third kappa shape index (κ3) is 5.60. The largest absolute Gasteiger partial charge is 0.493 e. The van der Waals surface area contributed by atoms with Gasteiger partial charge in [0.15, 0.2) is 18.1 Å². The minimum absolute atomic E-state index is 0.0142. The molecule has 0 atom stereocenters. The zero-order chi connectivity index (χ0) is 24.0. The molecule has 33 heavy (non-hydrogen) atoms. The van der Waals surface area contributed by atoms with Crippen LogP contribution in [0.3, 0.4) is 0 Å². The first-order valence-corrected chi connectivity index (χ1v) is 10.4. The predicted octanol–water partition coefficient (Wildman–Crippen LogP) is 3.22. The molecule has 0 aromatic heterocycles. The molecule has 8 nitrogen and oxygen atoms in total. The average Bonchev–Trinajstić information content (AvgIpc) is 3.06. The van der Waals surface area contributed by atoms with Crippen molar-refractivity contribution >= 4 is 29.5 Å². The number of ether oxygens (including phenoxy) is 3. The van der Waals surface area contributed by atoms with E-state index >= 15 is 0 Å². The van der Waals surface area contributed by atoms with Crippen LogP contribution in [0.1, 0.15) is 25.0 Å². The Bertz CT molecular complexity index is 1090. The second kappa shape index (κ2) is 10.5. The first-order chi connectivity index (χ1) is 15.8. The van der Waals surface area contributed by atoms with Crippen molar-refractivity contribution in [1.82, 2.24) is 5.43 Å². The lowest BCUT2D eigenvalue weighted by molar-refractivity contribution is -0.149. The van der Waals surface area contributed by atoms with Gasteiger partial charge >= 0.3 is 5.97 Å². The number of benzene rings is 2. The van der Waals surface area contributed by atoms with Crippen LogP contribution in [-0.4, -0.2) is 37.6 Å². The fourth-order valence-electron chi connectivity index (χ4n) is 3.30. The molecule has 0 aliphatic carbocycles. The molecule has 2 aromatic rings. The van der Waals surface area contributed by atoms with E-state index < -0.39 is 17.8 Å². The van der Waals surface area contributed by atoms with Gasteiger partial charge in [-0.1, -0.05) is 24.3 Å². The SMILES string of the molecule is C=CCc1cc(/C=C2/C(=O)NN(c3ccccc3)C2=O)cc(OC)c1OCC(=O)OC(C)C. The second-order valence-electron chi connectivity index (χ2n) is 7.51. The Morgan fingerprint density at radius 1 is 1.18 bits per heavy atom. The van der Waals surface area contributed by atoms with Crippen molar-refractivity contribution in [2.45, 2.75) is 26.4 Å². The van der Waals surface area contributed by atoms with E-state index in [1.165, 1.54) is 18.2 Å². The summed E-state index contributed by atoms with van der Waals surface area (Å²) in [6, 6.07) is 12.2. The summed E-state index contributed by atoms with van der Waals surface area (Å²) in [5, 5.41) is 1.20. The van der Waals surface area contributed by atoms with Gasteiger partial charge in [0, 0.05) is 5.56 Å². The van der Waals surface area contributed by atoms with E-state index in [0.29, 0.717) is 34.7 Å². The summed E-state index contributed by atoms with van der Waals surface area (Å²) in [6.07, 6.45) is 3.33. The van der Waals surface area contributed by atoms with Crippen molar-refractivity contribution in [3.8, 4) is 11.5 Å². The Morgan fingerprint density at radius 2 is 1.91 bits per heavy atom. The Hall–Kier alpha value is -4.07. The summed E-state index contributed by atoms with van der Waals surface area (Å²) < 4.78 is 16.3. The third-order valence-corrected chi connectivity index (χ3v) is 4.66. The van der Waals surface area contributed by atoms with E-state index in [-0.39, 0.29) is 18.3 Å². The van der Waals surface area contributed by atoms with Crippen LogP contribution in [0, 0.1) is 0 Å². The number of nitrogens with zero attached hydrogens (tertiary/aromatic N) is 1. The van der Waals surface area contributed by atoms with E-state index in [4.69, 9.17) is 14.2 Å². The quantitative estimate of drug-likeness (QED) is 0.273. The maximum atomic E-state index is 12.9. The fourth-order valence-corrected chi connectivity index (χ4v) is 3.30. The fraction of sp³-hybridized carbons (Fsp3) is 0.240. The number of hydrogen-bond donors (Lipinski definition) is 1. The first-order valence-electron chi connectivity index (χ1n) is 10.4. The third-order valence-electron chi connectivity index (χ3n) is 4.66. The number of carbonyl (C=O) groups excluding carboxylic acids is 3. The van der Waals surface area contributed by atoms with Gasteiger partial charge in [0.1, 0.15) is 5.57 Å². The van der Waals surface area contributed by atoms with Gasteiger partial charge in [-0.05, 0) is 56.2 Å². The van der Waals surface area contributed by atoms with Crippen LogP contribution in [0.15, 0.2) is 60.7 Å². The number of methoxy groups -OCH3 is 1. The number of para-hydroxylation sites is 1. The van der Waals surface area contributed by atoms with Crippen LogP contribution < -0.4 is 19.9 Å². The first kappa shape index (κ1) is 23.6. The van der Waals surface area contributed by atoms with Gasteiger partial charge in [0.25, 0.3) is 11.8 Å². The molecule has 1 N–H and O–H groups in total. The zero-order valence-electron chi connectivity index (χ0n) is 18.8. The molecule has 0 spiro atoms. The Kier molecular flexibility index (Phi) is 7.50. The number of carbonyl (C=O) groups is 3. The summed E-state index contributed by atoms with van der Waals surface area (Å²) in [5.74, 6) is -0.758. The van der Waals surface area contributed by atoms with Crippen LogP contribution in [0.25, 0.3) is 6.08 Å². The number of hydrazine groups is 1. The highest BCUT2D eigenvalue weighted by molar-refractivity contribution is 6.31. The van der Waals surface area contributed by atoms with E-state index in [2.05, 4.69) is 12.0 Å². The van der Waals surface area contributed by atoms with Crippen LogP contribution in [0.5, 0.6) is 11.5 Å². The number of esters is 1. The monoisotopic (exact) mass is 450 g/mol. The lowest BCUT2D eigenvalue weighted by Gasteiger charge is -2.16. The Morgan fingerprint density at radius 3 is 2.55 bits per heavy atom. The number of nitrogens with one attached hydrogen (secondary N) is 1. The number of amides is 2. The lowest BCUT2D eigenvalue weighted by atomic mass is 10.0. The number of rotatable bonds is 9.